The number of rotatable bonds is 11. The molecule has 0 saturated carbocycles. The van der Waals surface area contributed by atoms with E-state index in [4.69, 9.17) is 14.6 Å². The Morgan fingerprint density at radius 1 is 1.18 bits per heavy atom. The first-order valence-electron chi connectivity index (χ1n) is 12.6. The van der Waals surface area contributed by atoms with Crippen molar-refractivity contribution in [3.05, 3.63) is 71.3 Å². The number of nitrogens with one attached hydrogen (secondary N) is 2. The highest BCUT2D eigenvalue weighted by Crippen LogP contribution is 2.31. The minimum absolute atomic E-state index is 0.181. The minimum atomic E-state index is -1.08. The molecule has 39 heavy (non-hydrogen) atoms. The third-order valence-corrected chi connectivity index (χ3v) is 6.57. The van der Waals surface area contributed by atoms with Crippen molar-refractivity contribution in [2.45, 2.75) is 25.0 Å². The topological polar surface area (TPSA) is 121 Å². The standard InChI is InChI=1S/C27H33F2N5O5/c1-17-25(34(21-6-4-3-5-7-21)32-26(17)39-16-22(36)15-35)31-27(37)30-24-14-33(8-9-38-2)13-23(24)18-10-19(28)12-20(29)11-18/h3-7,10-12,22-24,35-36H,8-9,13-16H2,1-2H3,(H2,30,31,37). The molecule has 12 heteroatoms. The lowest BCUT2D eigenvalue weighted by atomic mass is 9.94. The van der Waals surface area contributed by atoms with E-state index in [-0.39, 0.29) is 18.4 Å². The molecule has 210 valence electrons. The van der Waals surface area contributed by atoms with E-state index >= 15 is 0 Å². The van der Waals surface area contributed by atoms with E-state index in [0.717, 1.165) is 6.07 Å². The smallest absolute Gasteiger partial charge is 0.320 e. The van der Waals surface area contributed by atoms with E-state index < -0.39 is 36.4 Å². The lowest BCUT2D eigenvalue weighted by Crippen LogP contribution is -2.42. The number of carbonyl (C=O) groups is 1. The highest BCUT2D eigenvalue weighted by molar-refractivity contribution is 5.90. The molecule has 2 heterocycles. The summed E-state index contributed by atoms with van der Waals surface area (Å²) in [4.78, 5) is 15.4. The van der Waals surface area contributed by atoms with Crippen LogP contribution in [-0.4, -0.2) is 89.6 Å². The number of para-hydroxylation sites is 1. The van der Waals surface area contributed by atoms with Gasteiger partial charge in [-0.15, -0.1) is 5.10 Å². The van der Waals surface area contributed by atoms with E-state index in [1.54, 1.807) is 26.2 Å². The third-order valence-electron chi connectivity index (χ3n) is 6.57. The Labute approximate surface area is 225 Å². The molecule has 4 N–H and O–H groups in total. The molecule has 0 aliphatic carbocycles. The predicted molar refractivity (Wildman–Crippen MR) is 140 cm³/mol. The lowest BCUT2D eigenvalue weighted by molar-refractivity contribution is 0.0518. The summed E-state index contributed by atoms with van der Waals surface area (Å²) in [6, 6.07) is 11.5. The molecular weight excluding hydrogens is 512 g/mol. The maximum atomic E-state index is 14.0. The number of hydrogen-bond donors (Lipinski definition) is 4. The fourth-order valence-corrected chi connectivity index (χ4v) is 4.62. The second kappa shape index (κ2) is 13.0. The summed E-state index contributed by atoms with van der Waals surface area (Å²) < 4.78 is 40.3. The Morgan fingerprint density at radius 3 is 2.56 bits per heavy atom. The number of ether oxygens (including phenoxy) is 2. The van der Waals surface area contributed by atoms with Gasteiger partial charge < -0.3 is 25.0 Å². The van der Waals surface area contributed by atoms with Gasteiger partial charge >= 0.3 is 6.03 Å². The highest BCUT2D eigenvalue weighted by atomic mass is 19.1. The van der Waals surface area contributed by atoms with Crippen molar-refractivity contribution in [2.24, 2.45) is 0 Å². The van der Waals surface area contributed by atoms with Crippen molar-refractivity contribution >= 4 is 11.8 Å². The van der Waals surface area contributed by atoms with Crippen LogP contribution in [0, 0.1) is 18.6 Å². The van der Waals surface area contributed by atoms with Crippen LogP contribution in [0.4, 0.5) is 19.4 Å². The number of nitrogens with zero attached hydrogens (tertiary/aromatic N) is 3. The molecule has 0 bridgehead atoms. The van der Waals surface area contributed by atoms with Crippen LogP contribution in [0.3, 0.4) is 0 Å². The molecule has 1 aliphatic rings. The van der Waals surface area contributed by atoms with Crippen LogP contribution in [0.15, 0.2) is 48.5 Å². The number of likely N-dealkylation sites (tertiary alicyclic amines) is 1. The van der Waals surface area contributed by atoms with Crippen molar-refractivity contribution in [2.75, 3.05) is 51.9 Å². The van der Waals surface area contributed by atoms with E-state index in [1.807, 2.05) is 18.2 Å². The Kier molecular flexibility index (Phi) is 9.46. The largest absolute Gasteiger partial charge is 0.474 e. The van der Waals surface area contributed by atoms with Crippen LogP contribution in [0.25, 0.3) is 5.69 Å². The number of anilines is 1. The number of methoxy groups -OCH3 is 1. The van der Waals surface area contributed by atoms with E-state index in [1.165, 1.54) is 16.8 Å². The van der Waals surface area contributed by atoms with Crippen molar-refractivity contribution < 1.29 is 33.3 Å². The monoisotopic (exact) mass is 545 g/mol. The third kappa shape index (κ3) is 7.09. The van der Waals surface area contributed by atoms with Gasteiger partial charge in [0.2, 0.25) is 5.88 Å². The molecule has 1 saturated heterocycles. The van der Waals surface area contributed by atoms with Gasteiger partial charge in [0.05, 0.1) is 30.5 Å². The first-order valence-corrected chi connectivity index (χ1v) is 12.6. The number of benzene rings is 2. The molecule has 3 aromatic rings. The average Bonchev–Trinajstić information content (AvgIpc) is 3.46. The number of hydrogen-bond acceptors (Lipinski definition) is 7. The summed E-state index contributed by atoms with van der Waals surface area (Å²) in [6.07, 6.45) is -1.08. The maximum absolute atomic E-state index is 14.0. The molecule has 3 atom stereocenters. The quantitative estimate of drug-likeness (QED) is 0.292. The second-order valence-corrected chi connectivity index (χ2v) is 9.44. The summed E-state index contributed by atoms with van der Waals surface area (Å²) in [5, 5.41) is 29.1. The van der Waals surface area contributed by atoms with Crippen molar-refractivity contribution in [3.8, 4) is 11.6 Å². The summed E-state index contributed by atoms with van der Waals surface area (Å²) in [7, 11) is 1.60. The van der Waals surface area contributed by atoms with Gasteiger partial charge in [-0.05, 0) is 36.8 Å². The number of urea groups is 1. The molecule has 0 radical (unpaired) electrons. The zero-order valence-corrected chi connectivity index (χ0v) is 21.8. The molecule has 1 aromatic heterocycles. The fraction of sp³-hybridized carbons (Fsp3) is 0.407. The zero-order chi connectivity index (χ0) is 27.9. The highest BCUT2D eigenvalue weighted by Gasteiger charge is 2.35. The molecule has 4 rings (SSSR count). The van der Waals surface area contributed by atoms with Gasteiger partial charge in [0, 0.05) is 38.7 Å². The van der Waals surface area contributed by atoms with Gasteiger partial charge in [0.15, 0.2) is 0 Å². The van der Waals surface area contributed by atoms with Gasteiger partial charge in [-0.2, -0.15) is 0 Å². The molecule has 10 nitrogen and oxygen atoms in total. The molecule has 2 amide bonds. The summed E-state index contributed by atoms with van der Waals surface area (Å²) in [5.41, 5.74) is 1.63. The lowest BCUT2D eigenvalue weighted by Gasteiger charge is -2.21. The van der Waals surface area contributed by atoms with Gasteiger partial charge in [0.25, 0.3) is 0 Å². The summed E-state index contributed by atoms with van der Waals surface area (Å²) >= 11 is 0. The minimum Gasteiger partial charge on any atom is -0.474 e. The van der Waals surface area contributed by atoms with Crippen LogP contribution >= 0.6 is 0 Å². The number of amides is 2. The first kappa shape index (κ1) is 28.4. The normalized spacial score (nSPS) is 18.2. The number of aromatic nitrogens is 2. The van der Waals surface area contributed by atoms with Gasteiger partial charge in [-0.1, -0.05) is 18.2 Å². The second-order valence-electron chi connectivity index (χ2n) is 9.44. The number of aliphatic hydroxyl groups excluding tert-OH is 2. The number of halogens is 2. The van der Waals surface area contributed by atoms with Gasteiger partial charge in [-0.3, -0.25) is 10.2 Å². The van der Waals surface area contributed by atoms with Crippen molar-refractivity contribution in [3.63, 3.8) is 0 Å². The van der Waals surface area contributed by atoms with Gasteiger partial charge in [0.1, 0.15) is 30.2 Å². The molecule has 1 fully saturated rings. The predicted octanol–water partition coefficient (Wildman–Crippen LogP) is 2.43. The Balaban J connectivity index is 1.57. The van der Waals surface area contributed by atoms with Crippen LogP contribution < -0.4 is 15.4 Å². The number of carbonyl (C=O) groups excluding carboxylic acids is 1. The van der Waals surface area contributed by atoms with E-state index in [2.05, 4.69) is 20.6 Å². The zero-order valence-electron chi connectivity index (χ0n) is 21.8. The van der Waals surface area contributed by atoms with Crippen LogP contribution in [-0.2, 0) is 4.74 Å². The summed E-state index contributed by atoms with van der Waals surface area (Å²) in [5.74, 6) is -1.18. The molecule has 0 spiro atoms. The van der Waals surface area contributed by atoms with Crippen LogP contribution in [0.2, 0.25) is 0 Å². The van der Waals surface area contributed by atoms with Crippen molar-refractivity contribution in [1.82, 2.24) is 20.0 Å². The molecule has 3 unspecified atom stereocenters. The first-order chi connectivity index (χ1) is 18.8. The fourth-order valence-electron chi connectivity index (χ4n) is 4.62. The van der Waals surface area contributed by atoms with Crippen molar-refractivity contribution in [1.29, 1.82) is 0 Å². The Bertz CT molecular complexity index is 1240. The van der Waals surface area contributed by atoms with E-state index in [0.29, 0.717) is 48.9 Å². The Hall–Kier alpha value is -3.58. The van der Waals surface area contributed by atoms with Gasteiger partial charge in [-0.25, -0.2) is 18.3 Å². The summed E-state index contributed by atoms with van der Waals surface area (Å²) in [6.45, 7) is 3.10. The molecule has 2 aromatic carbocycles. The SMILES string of the molecule is COCCN1CC(NC(=O)Nc2c(C)c(OCC(O)CO)nn2-c2ccccc2)C(c2cc(F)cc(F)c2)C1. The molecular formula is C27H33F2N5O5. The van der Waals surface area contributed by atoms with E-state index in [9.17, 15) is 18.7 Å². The van der Waals surface area contributed by atoms with Crippen LogP contribution in [0.5, 0.6) is 5.88 Å². The number of aliphatic hydroxyl groups is 2. The Morgan fingerprint density at radius 2 is 1.90 bits per heavy atom. The average molecular weight is 546 g/mol. The molecule has 1 aliphatic heterocycles. The van der Waals surface area contributed by atoms with Crippen LogP contribution in [0.1, 0.15) is 17.0 Å². The maximum Gasteiger partial charge on any atom is 0.320 e.